The van der Waals surface area contributed by atoms with E-state index in [1.54, 1.807) is 13.0 Å². The van der Waals surface area contributed by atoms with E-state index in [1.807, 2.05) is 7.05 Å². The molecule has 96 valence electrons. The number of carbonyl (C=O) groups is 1. The summed E-state index contributed by atoms with van der Waals surface area (Å²) in [5.41, 5.74) is 0.952. The highest BCUT2D eigenvalue weighted by molar-refractivity contribution is 5.84. The van der Waals surface area contributed by atoms with Gasteiger partial charge in [0.05, 0.1) is 0 Å². The maximum Gasteiger partial charge on any atom is 0.371 e. The van der Waals surface area contributed by atoms with Crippen LogP contribution in [0.15, 0.2) is 10.5 Å². The van der Waals surface area contributed by atoms with Crippen LogP contribution in [0.25, 0.3) is 0 Å². The summed E-state index contributed by atoms with van der Waals surface area (Å²) in [4.78, 5) is 13.0. The fraction of sp³-hybridized carbons (Fsp3) is 0.615. The van der Waals surface area contributed by atoms with E-state index in [0.717, 1.165) is 24.9 Å². The Morgan fingerprint density at radius 2 is 2.24 bits per heavy atom. The van der Waals surface area contributed by atoms with Gasteiger partial charge in [-0.3, -0.25) is 4.90 Å². The van der Waals surface area contributed by atoms with E-state index in [4.69, 9.17) is 9.52 Å². The summed E-state index contributed by atoms with van der Waals surface area (Å²) in [6, 6.07) is 2.11. The highest BCUT2D eigenvalue weighted by Gasteiger charge is 2.16. The Morgan fingerprint density at radius 1 is 1.59 bits per heavy atom. The van der Waals surface area contributed by atoms with Crippen LogP contribution in [-0.2, 0) is 6.54 Å². The molecule has 1 N–H and O–H groups in total. The minimum atomic E-state index is -1.01. The lowest BCUT2D eigenvalue weighted by molar-refractivity contribution is 0.0661. The summed E-state index contributed by atoms with van der Waals surface area (Å²) in [7, 11) is 2.05. The van der Waals surface area contributed by atoms with E-state index >= 15 is 0 Å². The number of hydrogen-bond acceptors (Lipinski definition) is 3. The number of aromatic carboxylic acids is 1. The molecule has 0 saturated heterocycles. The van der Waals surface area contributed by atoms with E-state index < -0.39 is 5.97 Å². The lowest BCUT2D eigenvalue weighted by Gasteiger charge is -2.23. The van der Waals surface area contributed by atoms with Gasteiger partial charge in [-0.1, -0.05) is 13.3 Å². The Bertz CT molecular complexity index is 384. The molecule has 0 bridgehead atoms. The second-order valence-electron chi connectivity index (χ2n) is 4.55. The van der Waals surface area contributed by atoms with E-state index in [-0.39, 0.29) is 5.76 Å². The first kappa shape index (κ1) is 13.8. The lowest BCUT2D eigenvalue weighted by atomic mass is 10.1. The molecule has 0 aliphatic heterocycles. The van der Waals surface area contributed by atoms with Crippen LogP contribution < -0.4 is 0 Å². The Morgan fingerprint density at radius 3 is 2.71 bits per heavy atom. The van der Waals surface area contributed by atoms with Crippen molar-refractivity contribution in [2.45, 2.75) is 46.2 Å². The second-order valence-corrected chi connectivity index (χ2v) is 4.55. The fourth-order valence-corrected chi connectivity index (χ4v) is 1.84. The average molecular weight is 239 g/mol. The molecule has 0 amide bonds. The molecule has 1 unspecified atom stereocenters. The summed E-state index contributed by atoms with van der Waals surface area (Å²) < 4.78 is 5.19. The number of carboxylic acid groups (broad SMARTS) is 1. The lowest BCUT2D eigenvalue weighted by Crippen LogP contribution is -2.28. The third-order valence-electron chi connectivity index (χ3n) is 3.11. The number of furan rings is 1. The van der Waals surface area contributed by atoms with Crippen LogP contribution in [0.4, 0.5) is 0 Å². The summed E-state index contributed by atoms with van der Waals surface area (Å²) in [6.07, 6.45) is 2.29. The second kappa shape index (κ2) is 5.87. The minimum Gasteiger partial charge on any atom is -0.475 e. The Hall–Kier alpha value is -1.29. The predicted octanol–water partition coefficient (Wildman–Crippen LogP) is 2.91. The van der Waals surface area contributed by atoms with Gasteiger partial charge in [0.15, 0.2) is 0 Å². The standard InChI is InChI=1S/C13H21NO3/c1-5-6-9(2)14(4)8-11-7-12(13(15)16)17-10(11)3/h7,9H,5-6,8H2,1-4H3,(H,15,16). The van der Waals surface area contributed by atoms with Crippen molar-refractivity contribution in [3.05, 3.63) is 23.2 Å². The van der Waals surface area contributed by atoms with Crippen LogP contribution in [-0.4, -0.2) is 29.1 Å². The Balaban J connectivity index is 2.71. The SMILES string of the molecule is CCCC(C)N(C)Cc1cc(C(=O)O)oc1C. The number of hydrogen-bond donors (Lipinski definition) is 1. The molecule has 1 aromatic heterocycles. The number of nitrogens with zero attached hydrogens (tertiary/aromatic N) is 1. The van der Waals surface area contributed by atoms with Crippen LogP contribution in [0.3, 0.4) is 0 Å². The molecule has 1 atom stereocenters. The first-order valence-electron chi connectivity index (χ1n) is 5.98. The molecule has 4 nitrogen and oxygen atoms in total. The molecule has 1 heterocycles. The first-order chi connectivity index (χ1) is 7.95. The normalized spacial score (nSPS) is 13.0. The van der Waals surface area contributed by atoms with Gasteiger partial charge in [0.1, 0.15) is 5.76 Å². The molecule has 0 aliphatic rings. The third kappa shape index (κ3) is 3.60. The van der Waals surface area contributed by atoms with Crippen LogP contribution >= 0.6 is 0 Å². The van der Waals surface area contributed by atoms with Crippen LogP contribution in [0.1, 0.15) is 48.6 Å². The topological polar surface area (TPSA) is 53.7 Å². The molecule has 0 spiro atoms. The van der Waals surface area contributed by atoms with Crippen LogP contribution in [0, 0.1) is 6.92 Å². The van der Waals surface area contributed by atoms with Gasteiger partial charge >= 0.3 is 5.97 Å². The molecular formula is C13H21NO3. The van der Waals surface area contributed by atoms with Gasteiger partial charge in [-0.2, -0.15) is 0 Å². The molecule has 0 aliphatic carbocycles. The monoisotopic (exact) mass is 239 g/mol. The van der Waals surface area contributed by atoms with E-state index in [1.165, 1.54) is 0 Å². The summed E-state index contributed by atoms with van der Waals surface area (Å²) in [5, 5.41) is 8.84. The third-order valence-corrected chi connectivity index (χ3v) is 3.11. The first-order valence-corrected chi connectivity index (χ1v) is 5.98. The van der Waals surface area contributed by atoms with Crippen molar-refractivity contribution in [3.8, 4) is 0 Å². The number of carboxylic acids is 1. The van der Waals surface area contributed by atoms with Crippen molar-refractivity contribution < 1.29 is 14.3 Å². The molecule has 0 radical (unpaired) electrons. The van der Waals surface area contributed by atoms with Crippen molar-refractivity contribution in [1.82, 2.24) is 4.90 Å². The molecule has 0 saturated carbocycles. The summed E-state index contributed by atoms with van der Waals surface area (Å²) >= 11 is 0. The van der Waals surface area contributed by atoms with E-state index in [2.05, 4.69) is 18.7 Å². The minimum absolute atomic E-state index is 0.0223. The maximum atomic E-state index is 10.8. The van der Waals surface area contributed by atoms with Gasteiger partial charge in [-0.15, -0.1) is 0 Å². The van der Waals surface area contributed by atoms with Crippen molar-refractivity contribution in [1.29, 1.82) is 0 Å². The van der Waals surface area contributed by atoms with Crippen LogP contribution in [0.2, 0.25) is 0 Å². The van der Waals surface area contributed by atoms with Crippen molar-refractivity contribution in [2.75, 3.05) is 7.05 Å². The maximum absolute atomic E-state index is 10.8. The van der Waals surface area contributed by atoms with Gasteiger partial charge < -0.3 is 9.52 Å². The molecule has 1 aromatic rings. The molecular weight excluding hydrogens is 218 g/mol. The van der Waals surface area contributed by atoms with Gasteiger partial charge in [-0.25, -0.2) is 4.79 Å². The fourth-order valence-electron chi connectivity index (χ4n) is 1.84. The largest absolute Gasteiger partial charge is 0.475 e. The van der Waals surface area contributed by atoms with Crippen molar-refractivity contribution >= 4 is 5.97 Å². The number of aryl methyl sites for hydroxylation is 1. The Kier molecular flexibility index (Phi) is 4.75. The smallest absolute Gasteiger partial charge is 0.371 e. The van der Waals surface area contributed by atoms with Crippen LogP contribution in [0.5, 0.6) is 0 Å². The zero-order valence-electron chi connectivity index (χ0n) is 11.0. The summed E-state index contributed by atoms with van der Waals surface area (Å²) in [6.45, 7) is 6.87. The molecule has 1 rings (SSSR count). The molecule has 17 heavy (non-hydrogen) atoms. The van der Waals surface area contributed by atoms with Gasteiger partial charge in [0, 0.05) is 18.2 Å². The zero-order chi connectivity index (χ0) is 13.0. The average Bonchev–Trinajstić information content (AvgIpc) is 2.61. The van der Waals surface area contributed by atoms with Gasteiger partial charge in [-0.05, 0) is 33.4 Å². The van der Waals surface area contributed by atoms with E-state index in [9.17, 15) is 4.79 Å². The van der Waals surface area contributed by atoms with Gasteiger partial charge in [0.25, 0.3) is 0 Å². The zero-order valence-corrected chi connectivity index (χ0v) is 11.0. The Labute approximate surface area is 102 Å². The van der Waals surface area contributed by atoms with Crippen molar-refractivity contribution in [3.63, 3.8) is 0 Å². The van der Waals surface area contributed by atoms with E-state index in [0.29, 0.717) is 11.8 Å². The molecule has 4 heteroatoms. The number of rotatable bonds is 6. The predicted molar refractivity (Wildman–Crippen MR) is 66.2 cm³/mol. The summed E-state index contributed by atoms with van der Waals surface area (Å²) in [5.74, 6) is -0.296. The van der Waals surface area contributed by atoms with Gasteiger partial charge in [0.2, 0.25) is 5.76 Å². The highest BCUT2D eigenvalue weighted by Crippen LogP contribution is 2.18. The molecule has 0 fully saturated rings. The quantitative estimate of drug-likeness (QED) is 0.829. The highest BCUT2D eigenvalue weighted by atomic mass is 16.4. The van der Waals surface area contributed by atoms with Crippen molar-refractivity contribution in [2.24, 2.45) is 0 Å². The molecule has 0 aromatic carbocycles.